The molecule has 1 heterocycles. The SMILES string of the molecule is Cc1c(O)n(-c2ccccc2)n(-c2ccccc2)c1=O. The minimum absolute atomic E-state index is 0.0370. The van der Waals surface area contributed by atoms with Gasteiger partial charge in [0.05, 0.1) is 16.9 Å². The lowest BCUT2D eigenvalue weighted by molar-refractivity contribution is 0.422. The molecule has 0 spiro atoms. The molecule has 0 saturated heterocycles. The van der Waals surface area contributed by atoms with Gasteiger partial charge in [0, 0.05) is 0 Å². The highest BCUT2D eigenvalue weighted by atomic mass is 16.3. The summed E-state index contributed by atoms with van der Waals surface area (Å²) in [6.45, 7) is 1.62. The molecule has 1 N–H and O–H groups in total. The predicted octanol–water partition coefficient (Wildman–Crippen LogP) is 2.64. The summed E-state index contributed by atoms with van der Waals surface area (Å²) < 4.78 is 2.99. The molecule has 0 unspecified atom stereocenters. The first-order valence-corrected chi connectivity index (χ1v) is 6.34. The first-order chi connectivity index (χ1) is 9.70. The van der Waals surface area contributed by atoms with Gasteiger partial charge >= 0.3 is 0 Å². The Morgan fingerprint density at radius 2 is 1.25 bits per heavy atom. The predicted molar refractivity (Wildman–Crippen MR) is 77.8 cm³/mol. The summed E-state index contributed by atoms with van der Waals surface area (Å²) in [7, 11) is 0. The standard InChI is InChI=1S/C16H14N2O2/c1-12-15(19)17(13-8-4-2-5-9-13)18(16(12)20)14-10-6-3-7-11-14/h2-11,19H,1H3. The number of rotatable bonds is 2. The maximum absolute atomic E-state index is 12.4. The lowest BCUT2D eigenvalue weighted by atomic mass is 10.3. The average Bonchev–Trinajstić information content (AvgIpc) is 2.73. The minimum Gasteiger partial charge on any atom is -0.493 e. The molecular formula is C16H14N2O2. The highest BCUT2D eigenvalue weighted by molar-refractivity contribution is 5.42. The molecule has 3 rings (SSSR count). The van der Waals surface area contributed by atoms with E-state index in [0.717, 1.165) is 5.69 Å². The van der Waals surface area contributed by atoms with Crippen LogP contribution in [0.25, 0.3) is 11.4 Å². The van der Waals surface area contributed by atoms with Crippen molar-refractivity contribution < 1.29 is 5.11 Å². The van der Waals surface area contributed by atoms with E-state index in [2.05, 4.69) is 0 Å². The van der Waals surface area contributed by atoms with E-state index in [1.54, 1.807) is 6.92 Å². The zero-order valence-electron chi connectivity index (χ0n) is 11.0. The van der Waals surface area contributed by atoms with E-state index < -0.39 is 0 Å². The van der Waals surface area contributed by atoms with E-state index >= 15 is 0 Å². The van der Waals surface area contributed by atoms with Gasteiger partial charge < -0.3 is 5.11 Å². The summed E-state index contributed by atoms with van der Waals surface area (Å²) in [5.74, 6) is -0.0370. The van der Waals surface area contributed by atoms with Gasteiger partial charge in [-0.15, -0.1) is 0 Å². The van der Waals surface area contributed by atoms with Crippen molar-refractivity contribution in [1.82, 2.24) is 9.36 Å². The Morgan fingerprint density at radius 3 is 1.75 bits per heavy atom. The second-order valence-corrected chi connectivity index (χ2v) is 4.55. The number of aromatic hydroxyl groups is 1. The molecular weight excluding hydrogens is 252 g/mol. The molecule has 1 aromatic heterocycles. The zero-order valence-corrected chi connectivity index (χ0v) is 11.0. The molecule has 0 aliphatic carbocycles. The highest BCUT2D eigenvalue weighted by Crippen LogP contribution is 2.21. The van der Waals surface area contributed by atoms with E-state index in [0.29, 0.717) is 11.3 Å². The van der Waals surface area contributed by atoms with Crippen LogP contribution < -0.4 is 5.56 Å². The van der Waals surface area contributed by atoms with Crippen molar-refractivity contribution in [3.05, 3.63) is 76.6 Å². The molecule has 0 saturated carbocycles. The van der Waals surface area contributed by atoms with Crippen molar-refractivity contribution in [3.8, 4) is 17.3 Å². The summed E-state index contributed by atoms with van der Waals surface area (Å²) in [5, 5.41) is 10.3. The van der Waals surface area contributed by atoms with Crippen LogP contribution in [0, 0.1) is 6.92 Å². The topological polar surface area (TPSA) is 47.2 Å². The first-order valence-electron chi connectivity index (χ1n) is 6.34. The summed E-state index contributed by atoms with van der Waals surface area (Å²) >= 11 is 0. The summed E-state index contributed by atoms with van der Waals surface area (Å²) in [4.78, 5) is 12.4. The molecule has 0 aliphatic heterocycles. The Labute approximate surface area is 116 Å². The van der Waals surface area contributed by atoms with E-state index in [1.807, 2.05) is 60.7 Å². The van der Waals surface area contributed by atoms with Crippen molar-refractivity contribution in [2.24, 2.45) is 0 Å². The van der Waals surface area contributed by atoms with Crippen LogP contribution in [-0.4, -0.2) is 14.5 Å². The molecule has 0 amide bonds. The van der Waals surface area contributed by atoms with Crippen LogP contribution in [0.2, 0.25) is 0 Å². The molecule has 0 atom stereocenters. The number of aromatic nitrogens is 2. The van der Waals surface area contributed by atoms with Crippen molar-refractivity contribution in [2.45, 2.75) is 6.92 Å². The van der Waals surface area contributed by atoms with E-state index in [4.69, 9.17) is 0 Å². The monoisotopic (exact) mass is 266 g/mol. The molecule has 0 aliphatic rings. The van der Waals surface area contributed by atoms with Crippen LogP contribution in [0.15, 0.2) is 65.5 Å². The van der Waals surface area contributed by atoms with Crippen LogP contribution in [0.3, 0.4) is 0 Å². The Balaban J connectivity index is 2.36. The Morgan fingerprint density at radius 1 is 0.800 bits per heavy atom. The van der Waals surface area contributed by atoms with Crippen LogP contribution in [0.1, 0.15) is 5.56 Å². The third-order valence-corrected chi connectivity index (χ3v) is 3.25. The summed E-state index contributed by atoms with van der Waals surface area (Å²) in [6, 6.07) is 18.6. The van der Waals surface area contributed by atoms with Crippen molar-refractivity contribution in [1.29, 1.82) is 0 Å². The van der Waals surface area contributed by atoms with Crippen molar-refractivity contribution in [3.63, 3.8) is 0 Å². The first kappa shape index (κ1) is 12.3. The molecule has 0 radical (unpaired) electrons. The van der Waals surface area contributed by atoms with Crippen molar-refractivity contribution in [2.75, 3.05) is 0 Å². The maximum atomic E-state index is 12.4. The van der Waals surface area contributed by atoms with Crippen LogP contribution in [-0.2, 0) is 0 Å². The molecule has 0 bridgehead atoms. The fraction of sp³-hybridized carbons (Fsp3) is 0.0625. The van der Waals surface area contributed by atoms with Gasteiger partial charge in [0.2, 0.25) is 5.88 Å². The smallest absolute Gasteiger partial charge is 0.278 e. The van der Waals surface area contributed by atoms with E-state index in [-0.39, 0.29) is 11.4 Å². The van der Waals surface area contributed by atoms with Gasteiger partial charge in [-0.3, -0.25) is 4.79 Å². The third kappa shape index (κ3) is 1.82. The lowest BCUT2D eigenvalue weighted by Crippen LogP contribution is -2.20. The van der Waals surface area contributed by atoms with Gasteiger partial charge in [0.1, 0.15) is 0 Å². The molecule has 0 fully saturated rings. The second kappa shape index (κ2) is 4.74. The number of para-hydroxylation sites is 2. The van der Waals surface area contributed by atoms with Gasteiger partial charge in [0.25, 0.3) is 5.56 Å². The Kier molecular flexibility index (Phi) is 2.91. The molecule has 4 nitrogen and oxygen atoms in total. The van der Waals surface area contributed by atoms with Crippen LogP contribution in [0.5, 0.6) is 5.88 Å². The van der Waals surface area contributed by atoms with Crippen molar-refractivity contribution >= 4 is 0 Å². The molecule has 3 aromatic rings. The summed E-state index contributed by atoms with van der Waals surface area (Å²) in [5.41, 5.74) is 1.55. The van der Waals surface area contributed by atoms with E-state index in [9.17, 15) is 9.90 Å². The average molecular weight is 266 g/mol. The van der Waals surface area contributed by atoms with Crippen LogP contribution >= 0.6 is 0 Å². The molecule has 4 heteroatoms. The van der Waals surface area contributed by atoms with Gasteiger partial charge in [0.15, 0.2) is 0 Å². The fourth-order valence-corrected chi connectivity index (χ4v) is 2.21. The molecule has 2 aromatic carbocycles. The zero-order chi connectivity index (χ0) is 14.1. The lowest BCUT2D eigenvalue weighted by Gasteiger charge is -2.12. The van der Waals surface area contributed by atoms with Gasteiger partial charge in [-0.2, -0.15) is 0 Å². The normalized spacial score (nSPS) is 10.7. The Hall–Kier alpha value is -2.75. The van der Waals surface area contributed by atoms with E-state index in [1.165, 1.54) is 9.36 Å². The largest absolute Gasteiger partial charge is 0.493 e. The molecule has 20 heavy (non-hydrogen) atoms. The number of nitrogens with zero attached hydrogens (tertiary/aromatic N) is 2. The minimum atomic E-state index is -0.224. The quantitative estimate of drug-likeness (QED) is 0.775. The maximum Gasteiger partial charge on any atom is 0.278 e. The number of benzene rings is 2. The third-order valence-electron chi connectivity index (χ3n) is 3.25. The summed E-state index contributed by atoms with van der Waals surface area (Å²) in [6.07, 6.45) is 0. The Bertz CT molecular complexity index is 787. The molecule has 100 valence electrons. The highest BCUT2D eigenvalue weighted by Gasteiger charge is 2.18. The van der Waals surface area contributed by atoms with Crippen LogP contribution in [0.4, 0.5) is 0 Å². The van der Waals surface area contributed by atoms with Gasteiger partial charge in [-0.05, 0) is 31.2 Å². The second-order valence-electron chi connectivity index (χ2n) is 4.55. The van der Waals surface area contributed by atoms with Gasteiger partial charge in [-0.1, -0.05) is 36.4 Å². The fourth-order valence-electron chi connectivity index (χ4n) is 2.21. The van der Waals surface area contributed by atoms with Gasteiger partial charge in [-0.25, -0.2) is 9.36 Å². The number of hydrogen-bond acceptors (Lipinski definition) is 2. The number of hydrogen-bond donors (Lipinski definition) is 1.